The lowest BCUT2D eigenvalue weighted by molar-refractivity contribution is 0.00254. The summed E-state index contributed by atoms with van der Waals surface area (Å²) < 4.78 is 27.1. The molecule has 2 saturated heterocycles. The van der Waals surface area contributed by atoms with Crippen LogP contribution in [0.1, 0.15) is 18.5 Å². The minimum atomic E-state index is -0.756. The average molecular weight is 281 g/mol. The van der Waals surface area contributed by atoms with Gasteiger partial charge in [-0.3, -0.25) is 9.80 Å². The minimum Gasteiger partial charge on any atom is -0.314 e. The van der Waals surface area contributed by atoms with Crippen LogP contribution in [0.25, 0.3) is 0 Å². The molecule has 1 N–H and O–H groups in total. The van der Waals surface area contributed by atoms with Crippen molar-refractivity contribution in [1.82, 2.24) is 15.1 Å². The van der Waals surface area contributed by atoms with Crippen LogP contribution in [0, 0.1) is 11.6 Å². The summed E-state index contributed by atoms with van der Waals surface area (Å²) in [6.45, 7) is 8.09. The highest BCUT2D eigenvalue weighted by Crippen LogP contribution is 2.29. The van der Waals surface area contributed by atoms with Crippen molar-refractivity contribution in [2.45, 2.75) is 19.0 Å². The fourth-order valence-electron chi connectivity index (χ4n) is 3.12. The van der Waals surface area contributed by atoms with Gasteiger partial charge in [0.15, 0.2) is 11.6 Å². The van der Waals surface area contributed by atoms with Gasteiger partial charge in [-0.05, 0) is 13.0 Å². The molecular weight excluding hydrogens is 260 g/mol. The highest BCUT2D eigenvalue weighted by atomic mass is 19.2. The summed E-state index contributed by atoms with van der Waals surface area (Å²) in [4.78, 5) is 4.70. The van der Waals surface area contributed by atoms with E-state index in [0.29, 0.717) is 11.6 Å². The lowest BCUT2D eigenvalue weighted by atomic mass is 9.98. The average Bonchev–Trinajstić information content (AvgIpc) is 2.41. The lowest BCUT2D eigenvalue weighted by Crippen LogP contribution is -2.62. The second kappa shape index (κ2) is 5.76. The molecular formula is C15H21F2N3. The fraction of sp³-hybridized carbons (Fsp3) is 0.600. The van der Waals surface area contributed by atoms with Crippen molar-refractivity contribution in [1.29, 1.82) is 0 Å². The highest BCUT2D eigenvalue weighted by molar-refractivity contribution is 5.22. The van der Waals surface area contributed by atoms with Gasteiger partial charge >= 0.3 is 0 Å². The van der Waals surface area contributed by atoms with Crippen LogP contribution in [0.4, 0.5) is 8.78 Å². The van der Waals surface area contributed by atoms with E-state index in [-0.39, 0.29) is 6.04 Å². The molecule has 2 heterocycles. The molecule has 3 nitrogen and oxygen atoms in total. The largest absolute Gasteiger partial charge is 0.314 e. The van der Waals surface area contributed by atoms with Crippen LogP contribution in [0.3, 0.4) is 0 Å². The summed E-state index contributed by atoms with van der Waals surface area (Å²) in [7, 11) is 0. The second-order valence-corrected chi connectivity index (χ2v) is 5.71. The topological polar surface area (TPSA) is 18.5 Å². The lowest BCUT2D eigenvalue weighted by Gasteiger charge is -2.49. The number of rotatable bonds is 3. The number of piperazine rings is 1. The zero-order valence-electron chi connectivity index (χ0n) is 11.8. The van der Waals surface area contributed by atoms with E-state index in [0.717, 1.165) is 39.3 Å². The Hall–Kier alpha value is -1.04. The molecule has 0 aliphatic carbocycles. The Labute approximate surface area is 118 Å². The van der Waals surface area contributed by atoms with Crippen LogP contribution < -0.4 is 5.32 Å². The summed E-state index contributed by atoms with van der Waals surface area (Å²) in [5.74, 6) is -1.46. The molecule has 1 atom stereocenters. The quantitative estimate of drug-likeness (QED) is 0.908. The van der Waals surface area contributed by atoms with Crippen molar-refractivity contribution in [3.8, 4) is 0 Å². The van der Waals surface area contributed by atoms with Crippen LogP contribution in [0.2, 0.25) is 0 Å². The molecule has 20 heavy (non-hydrogen) atoms. The van der Waals surface area contributed by atoms with Gasteiger partial charge in [-0.1, -0.05) is 12.1 Å². The standard InChI is InChI=1S/C15H21F2N3/c1-11(13-3-2-4-14(16)15(13)17)20-9-12(10-20)19-7-5-18-6-8-19/h2-4,11-12,18H,5-10H2,1H3. The summed E-state index contributed by atoms with van der Waals surface area (Å²) in [5.41, 5.74) is 0.462. The predicted octanol–water partition coefficient (Wildman–Crippen LogP) is 1.62. The zero-order chi connectivity index (χ0) is 14.1. The third-order valence-corrected chi connectivity index (χ3v) is 4.54. The van der Waals surface area contributed by atoms with E-state index in [1.54, 1.807) is 12.1 Å². The van der Waals surface area contributed by atoms with Crippen molar-refractivity contribution in [2.75, 3.05) is 39.3 Å². The van der Waals surface area contributed by atoms with E-state index >= 15 is 0 Å². The van der Waals surface area contributed by atoms with Crippen LogP contribution in [-0.4, -0.2) is 55.1 Å². The molecule has 0 radical (unpaired) electrons. The Morgan fingerprint density at radius 2 is 1.90 bits per heavy atom. The molecule has 0 amide bonds. The number of hydrogen-bond acceptors (Lipinski definition) is 3. The first-order valence-corrected chi connectivity index (χ1v) is 7.29. The third kappa shape index (κ3) is 2.57. The molecule has 2 aliphatic heterocycles. The Morgan fingerprint density at radius 1 is 1.20 bits per heavy atom. The van der Waals surface area contributed by atoms with Gasteiger partial charge in [0, 0.05) is 56.9 Å². The molecule has 110 valence electrons. The van der Waals surface area contributed by atoms with Gasteiger partial charge in [0.05, 0.1) is 0 Å². The van der Waals surface area contributed by atoms with E-state index in [1.807, 2.05) is 6.92 Å². The van der Waals surface area contributed by atoms with E-state index < -0.39 is 11.6 Å². The maximum absolute atomic E-state index is 13.8. The van der Waals surface area contributed by atoms with Crippen LogP contribution in [0.15, 0.2) is 18.2 Å². The normalized spacial score (nSPS) is 23.6. The van der Waals surface area contributed by atoms with Crippen molar-refractivity contribution < 1.29 is 8.78 Å². The molecule has 0 spiro atoms. The summed E-state index contributed by atoms with van der Waals surface area (Å²) in [5, 5.41) is 3.34. The van der Waals surface area contributed by atoms with Gasteiger partial charge < -0.3 is 5.32 Å². The molecule has 0 aromatic heterocycles. The molecule has 5 heteroatoms. The highest BCUT2D eigenvalue weighted by Gasteiger charge is 2.36. The van der Waals surface area contributed by atoms with Crippen LogP contribution in [-0.2, 0) is 0 Å². The first kappa shape index (κ1) is 13.9. The number of likely N-dealkylation sites (tertiary alicyclic amines) is 1. The summed E-state index contributed by atoms with van der Waals surface area (Å²) >= 11 is 0. The first-order chi connectivity index (χ1) is 9.66. The van der Waals surface area contributed by atoms with Crippen molar-refractivity contribution in [3.05, 3.63) is 35.4 Å². The van der Waals surface area contributed by atoms with E-state index in [2.05, 4.69) is 15.1 Å². The van der Waals surface area contributed by atoms with Gasteiger partial charge in [0.2, 0.25) is 0 Å². The van der Waals surface area contributed by atoms with Gasteiger partial charge in [-0.15, -0.1) is 0 Å². The van der Waals surface area contributed by atoms with E-state index in [1.165, 1.54) is 6.07 Å². The summed E-state index contributed by atoms with van der Waals surface area (Å²) in [6.07, 6.45) is 0. The Bertz CT molecular complexity index is 468. The third-order valence-electron chi connectivity index (χ3n) is 4.54. The zero-order valence-corrected chi connectivity index (χ0v) is 11.8. The van der Waals surface area contributed by atoms with Crippen molar-refractivity contribution in [3.63, 3.8) is 0 Å². The van der Waals surface area contributed by atoms with Crippen LogP contribution >= 0.6 is 0 Å². The maximum atomic E-state index is 13.8. The van der Waals surface area contributed by atoms with E-state index in [9.17, 15) is 8.78 Å². The second-order valence-electron chi connectivity index (χ2n) is 5.71. The number of nitrogens with zero attached hydrogens (tertiary/aromatic N) is 2. The van der Waals surface area contributed by atoms with Crippen molar-refractivity contribution in [2.24, 2.45) is 0 Å². The van der Waals surface area contributed by atoms with Gasteiger partial charge in [-0.25, -0.2) is 8.78 Å². The Kier molecular flexibility index (Phi) is 4.01. The number of hydrogen-bond donors (Lipinski definition) is 1. The molecule has 0 bridgehead atoms. The molecule has 2 fully saturated rings. The summed E-state index contributed by atoms with van der Waals surface area (Å²) in [6, 6.07) is 4.94. The number of halogens is 2. The molecule has 1 unspecified atom stereocenters. The number of benzene rings is 1. The monoisotopic (exact) mass is 281 g/mol. The Morgan fingerprint density at radius 3 is 2.60 bits per heavy atom. The van der Waals surface area contributed by atoms with Crippen LogP contribution in [0.5, 0.6) is 0 Å². The van der Waals surface area contributed by atoms with Crippen molar-refractivity contribution >= 4 is 0 Å². The SMILES string of the molecule is CC(c1cccc(F)c1F)N1CC(N2CCNCC2)C1. The predicted molar refractivity (Wildman–Crippen MR) is 74.6 cm³/mol. The van der Waals surface area contributed by atoms with E-state index in [4.69, 9.17) is 0 Å². The first-order valence-electron chi connectivity index (χ1n) is 7.29. The molecule has 0 saturated carbocycles. The molecule has 3 rings (SSSR count). The number of nitrogens with one attached hydrogen (secondary N) is 1. The maximum Gasteiger partial charge on any atom is 0.163 e. The smallest absolute Gasteiger partial charge is 0.163 e. The molecule has 1 aromatic rings. The minimum absolute atomic E-state index is 0.0649. The molecule has 2 aliphatic rings. The van der Waals surface area contributed by atoms with Gasteiger partial charge in [0.1, 0.15) is 0 Å². The Balaban J connectivity index is 1.60. The van der Waals surface area contributed by atoms with Gasteiger partial charge in [0.25, 0.3) is 0 Å². The molecule has 1 aromatic carbocycles. The van der Waals surface area contributed by atoms with Gasteiger partial charge in [-0.2, -0.15) is 0 Å². The fourth-order valence-corrected chi connectivity index (χ4v) is 3.12.